The van der Waals surface area contributed by atoms with Gasteiger partial charge in [-0.25, -0.2) is 0 Å². The Morgan fingerprint density at radius 2 is 1.91 bits per heavy atom. The Morgan fingerprint density at radius 1 is 1.06 bits per heavy atom. The van der Waals surface area contributed by atoms with Crippen molar-refractivity contribution in [2.45, 2.75) is 38.0 Å². The minimum absolute atomic E-state index is 0.0488. The molecule has 8 heteroatoms. The number of carbonyl (C=O) groups excluding carboxylic acids is 1. The highest BCUT2D eigenvalue weighted by Crippen LogP contribution is 2.38. The summed E-state index contributed by atoms with van der Waals surface area (Å²) in [6.07, 6.45) is 1.92. The average molecular weight is 452 g/mol. The van der Waals surface area contributed by atoms with Crippen molar-refractivity contribution in [2.75, 3.05) is 25.5 Å². The van der Waals surface area contributed by atoms with E-state index in [1.165, 1.54) is 22.9 Å². The van der Waals surface area contributed by atoms with Crippen LogP contribution in [-0.4, -0.2) is 46.5 Å². The molecule has 3 aromatic rings. The van der Waals surface area contributed by atoms with E-state index in [1.807, 2.05) is 41.3 Å². The van der Waals surface area contributed by atoms with Crippen molar-refractivity contribution in [3.63, 3.8) is 0 Å². The van der Waals surface area contributed by atoms with E-state index in [0.717, 1.165) is 42.0 Å². The number of aryl methyl sites for hydroxylation is 2. The molecule has 2 aliphatic rings. The molecule has 1 saturated heterocycles. The molecule has 7 nitrogen and oxygen atoms in total. The Morgan fingerprint density at radius 3 is 2.75 bits per heavy atom. The summed E-state index contributed by atoms with van der Waals surface area (Å²) in [5.41, 5.74) is 4.35. The van der Waals surface area contributed by atoms with Crippen LogP contribution in [0.25, 0.3) is 11.5 Å². The predicted molar refractivity (Wildman–Crippen MR) is 121 cm³/mol. The zero-order valence-electron chi connectivity index (χ0n) is 18.2. The van der Waals surface area contributed by atoms with E-state index in [0.29, 0.717) is 24.3 Å². The number of thioether (sulfide) groups is 1. The van der Waals surface area contributed by atoms with Crippen molar-refractivity contribution < 1.29 is 18.7 Å². The number of nitrogens with zero attached hydrogens (tertiary/aromatic N) is 3. The maximum absolute atomic E-state index is 13.0. The Labute approximate surface area is 191 Å². The summed E-state index contributed by atoms with van der Waals surface area (Å²) < 4.78 is 17.1. The van der Waals surface area contributed by atoms with Crippen molar-refractivity contribution in [3.8, 4) is 23.0 Å². The van der Waals surface area contributed by atoms with Crippen molar-refractivity contribution in [1.82, 2.24) is 15.1 Å². The van der Waals surface area contributed by atoms with Crippen molar-refractivity contribution in [2.24, 2.45) is 0 Å². The molecule has 0 aliphatic carbocycles. The first-order valence-electron chi connectivity index (χ1n) is 10.8. The topological polar surface area (TPSA) is 77.7 Å². The van der Waals surface area contributed by atoms with Gasteiger partial charge in [0, 0.05) is 12.1 Å². The van der Waals surface area contributed by atoms with Gasteiger partial charge in [0.2, 0.25) is 11.8 Å². The Hall–Kier alpha value is -3.00. The molecule has 2 aliphatic heterocycles. The lowest BCUT2D eigenvalue weighted by Gasteiger charge is -2.26. The maximum Gasteiger partial charge on any atom is 0.277 e. The first-order valence-corrected chi connectivity index (χ1v) is 11.8. The van der Waals surface area contributed by atoms with Crippen LogP contribution in [0.15, 0.2) is 46.0 Å². The minimum Gasteiger partial charge on any atom is -0.486 e. The number of hydrogen-bond donors (Lipinski definition) is 0. The van der Waals surface area contributed by atoms with Gasteiger partial charge in [-0.05, 0) is 67.6 Å². The molecule has 0 N–H and O–H groups in total. The van der Waals surface area contributed by atoms with E-state index < -0.39 is 0 Å². The zero-order chi connectivity index (χ0) is 22.1. The zero-order valence-corrected chi connectivity index (χ0v) is 19.0. The second-order valence-electron chi connectivity index (χ2n) is 8.11. The summed E-state index contributed by atoms with van der Waals surface area (Å²) in [6.45, 7) is 5.98. The number of rotatable bonds is 5. The Balaban J connectivity index is 1.24. The third-order valence-electron chi connectivity index (χ3n) is 6.00. The molecule has 32 heavy (non-hydrogen) atoms. The predicted octanol–water partition coefficient (Wildman–Crippen LogP) is 4.58. The fourth-order valence-corrected chi connectivity index (χ4v) is 4.79. The van der Waals surface area contributed by atoms with Crippen molar-refractivity contribution >= 4 is 17.7 Å². The minimum atomic E-state index is 0.0488. The third kappa shape index (κ3) is 4.19. The van der Waals surface area contributed by atoms with E-state index in [9.17, 15) is 4.79 Å². The van der Waals surface area contributed by atoms with E-state index in [1.54, 1.807) is 0 Å². The van der Waals surface area contributed by atoms with Crippen LogP contribution in [-0.2, 0) is 4.79 Å². The summed E-state index contributed by atoms with van der Waals surface area (Å²) in [5.74, 6) is 2.32. The molecule has 166 valence electrons. The first kappa shape index (κ1) is 20.9. The second kappa shape index (κ2) is 8.86. The molecule has 3 heterocycles. The van der Waals surface area contributed by atoms with Gasteiger partial charge in [0.05, 0.1) is 11.8 Å². The lowest BCUT2D eigenvalue weighted by molar-refractivity contribution is -0.129. The van der Waals surface area contributed by atoms with E-state index in [4.69, 9.17) is 13.9 Å². The molecule has 0 unspecified atom stereocenters. The summed E-state index contributed by atoms with van der Waals surface area (Å²) >= 11 is 1.28. The Bertz CT molecular complexity index is 1150. The molecule has 0 radical (unpaired) electrons. The van der Waals surface area contributed by atoms with Crippen LogP contribution < -0.4 is 9.47 Å². The number of ether oxygens (including phenoxy) is 2. The molecular formula is C24H25N3O4S. The monoisotopic (exact) mass is 451 g/mol. The molecule has 1 fully saturated rings. The number of benzene rings is 2. The molecular weight excluding hydrogens is 426 g/mol. The van der Waals surface area contributed by atoms with Gasteiger partial charge in [-0.2, -0.15) is 0 Å². The summed E-state index contributed by atoms with van der Waals surface area (Å²) in [6, 6.07) is 12.1. The SMILES string of the molecule is Cc1ccc(-c2nnc(SCC(=O)N3CCC[C@@H]3c3ccc4c(c3)OCCO4)o2)cc1C. The quantitative estimate of drug-likeness (QED) is 0.526. The number of hydrogen-bond acceptors (Lipinski definition) is 7. The average Bonchev–Trinajstić information content (AvgIpc) is 3.49. The normalized spacial score (nSPS) is 17.6. The molecule has 0 saturated carbocycles. The number of carbonyl (C=O) groups is 1. The van der Waals surface area contributed by atoms with Crippen LogP contribution in [0.3, 0.4) is 0 Å². The first-order chi connectivity index (χ1) is 15.6. The molecule has 0 bridgehead atoms. The van der Waals surface area contributed by atoms with Crippen molar-refractivity contribution in [3.05, 3.63) is 53.1 Å². The molecule has 1 aromatic heterocycles. The highest BCUT2D eigenvalue weighted by Gasteiger charge is 2.31. The number of likely N-dealkylation sites (tertiary alicyclic amines) is 1. The van der Waals surface area contributed by atoms with Crippen LogP contribution in [0.1, 0.15) is 35.6 Å². The summed E-state index contributed by atoms with van der Waals surface area (Å²) in [7, 11) is 0. The maximum atomic E-state index is 13.0. The van der Waals surface area contributed by atoms with Crippen molar-refractivity contribution in [1.29, 1.82) is 0 Å². The summed E-state index contributed by atoms with van der Waals surface area (Å²) in [4.78, 5) is 15.0. The van der Waals surface area contributed by atoms with Crippen LogP contribution in [0.2, 0.25) is 0 Å². The molecule has 1 atom stereocenters. The van der Waals surface area contributed by atoms with Gasteiger partial charge >= 0.3 is 0 Å². The third-order valence-corrected chi connectivity index (χ3v) is 6.81. The van der Waals surface area contributed by atoms with Gasteiger partial charge in [-0.3, -0.25) is 4.79 Å². The molecule has 1 amide bonds. The van der Waals surface area contributed by atoms with Crippen LogP contribution in [0, 0.1) is 13.8 Å². The van der Waals surface area contributed by atoms with Crippen LogP contribution >= 0.6 is 11.8 Å². The van der Waals surface area contributed by atoms with Gasteiger partial charge in [-0.1, -0.05) is 23.9 Å². The smallest absolute Gasteiger partial charge is 0.277 e. The largest absolute Gasteiger partial charge is 0.486 e. The van der Waals surface area contributed by atoms with E-state index >= 15 is 0 Å². The lowest BCUT2D eigenvalue weighted by atomic mass is 10.0. The number of aromatic nitrogens is 2. The van der Waals surface area contributed by atoms with Gasteiger partial charge in [0.25, 0.3) is 5.22 Å². The fourth-order valence-electron chi connectivity index (χ4n) is 4.14. The fraction of sp³-hybridized carbons (Fsp3) is 0.375. The van der Waals surface area contributed by atoms with E-state index in [-0.39, 0.29) is 17.7 Å². The second-order valence-corrected chi connectivity index (χ2v) is 9.04. The van der Waals surface area contributed by atoms with Gasteiger partial charge in [0.1, 0.15) is 13.2 Å². The number of fused-ring (bicyclic) bond motifs is 1. The standard InChI is InChI=1S/C24H25N3O4S/c1-15-5-6-18(12-16(15)2)23-25-26-24(31-23)32-14-22(28)27-9-3-4-19(27)17-7-8-20-21(13-17)30-11-10-29-20/h5-8,12-13,19H,3-4,9-11,14H2,1-2H3/t19-/m1/s1. The van der Waals surface area contributed by atoms with Gasteiger partial charge in [0.15, 0.2) is 11.5 Å². The summed E-state index contributed by atoms with van der Waals surface area (Å²) in [5, 5.41) is 8.67. The highest BCUT2D eigenvalue weighted by atomic mass is 32.2. The highest BCUT2D eigenvalue weighted by molar-refractivity contribution is 7.99. The number of amides is 1. The van der Waals surface area contributed by atoms with Gasteiger partial charge in [-0.15, -0.1) is 10.2 Å². The van der Waals surface area contributed by atoms with Crippen LogP contribution in [0.5, 0.6) is 11.5 Å². The molecule has 5 rings (SSSR count). The lowest BCUT2D eigenvalue weighted by Crippen LogP contribution is -2.32. The molecule has 0 spiro atoms. The molecule has 2 aromatic carbocycles. The van der Waals surface area contributed by atoms with Gasteiger partial charge < -0.3 is 18.8 Å². The van der Waals surface area contributed by atoms with E-state index in [2.05, 4.69) is 24.0 Å². The Kier molecular flexibility index (Phi) is 5.78. The van der Waals surface area contributed by atoms with Crippen LogP contribution in [0.4, 0.5) is 0 Å².